The fourth-order valence-electron chi connectivity index (χ4n) is 2.36. The second-order valence-electron chi connectivity index (χ2n) is 5.91. The van der Waals surface area contributed by atoms with Gasteiger partial charge in [0.15, 0.2) is 0 Å². The van der Waals surface area contributed by atoms with Crippen LogP contribution in [-0.4, -0.2) is 19.1 Å². The van der Waals surface area contributed by atoms with E-state index in [0.29, 0.717) is 6.61 Å². The third-order valence-corrected chi connectivity index (χ3v) is 3.74. The number of rotatable bonds is 8. The predicted octanol–water partition coefficient (Wildman–Crippen LogP) is 5.68. The van der Waals surface area contributed by atoms with Crippen molar-refractivity contribution in [1.29, 1.82) is 0 Å². The largest absolute Gasteiger partial charge is 0.573 e. The van der Waals surface area contributed by atoms with Crippen LogP contribution in [0.5, 0.6) is 5.75 Å². The third-order valence-electron chi connectivity index (χ3n) is 3.74. The summed E-state index contributed by atoms with van der Waals surface area (Å²) in [6, 6.07) is 12.9. The standard InChI is InChI=1S/C20H21F3NO3/c1-2-3-4-13-26-19(25)24-14-15-5-7-16(8-6-15)17-9-11-18(12-10-17)27-20(21,22)23/h5-12H,2-4,13-14H2,1H3. The van der Waals surface area contributed by atoms with Crippen LogP contribution >= 0.6 is 0 Å². The molecule has 0 aliphatic carbocycles. The van der Waals surface area contributed by atoms with E-state index in [-0.39, 0.29) is 12.3 Å². The van der Waals surface area contributed by atoms with Gasteiger partial charge in [-0.1, -0.05) is 56.2 Å². The van der Waals surface area contributed by atoms with E-state index in [1.807, 2.05) is 24.3 Å². The molecule has 7 heteroatoms. The molecular weight excluding hydrogens is 359 g/mol. The Bertz CT molecular complexity index is 713. The lowest BCUT2D eigenvalue weighted by molar-refractivity contribution is -0.274. The van der Waals surface area contributed by atoms with Crippen molar-refractivity contribution in [2.45, 2.75) is 39.1 Å². The fourth-order valence-corrected chi connectivity index (χ4v) is 2.36. The van der Waals surface area contributed by atoms with Gasteiger partial charge < -0.3 is 9.47 Å². The number of unbranched alkanes of at least 4 members (excludes halogenated alkanes) is 2. The highest BCUT2D eigenvalue weighted by molar-refractivity contribution is 5.67. The molecule has 4 nitrogen and oxygen atoms in total. The van der Waals surface area contributed by atoms with E-state index >= 15 is 0 Å². The normalized spacial score (nSPS) is 11.1. The van der Waals surface area contributed by atoms with Crippen molar-refractivity contribution < 1.29 is 27.4 Å². The summed E-state index contributed by atoms with van der Waals surface area (Å²) in [5.74, 6) is -0.265. The minimum Gasteiger partial charge on any atom is -0.448 e. The Morgan fingerprint density at radius 1 is 0.963 bits per heavy atom. The number of amides is 1. The molecule has 0 fully saturated rings. The molecule has 0 saturated heterocycles. The number of hydrogen-bond donors (Lipinski definition) is 0. The molecule has 1 radical (unpaired) electrons. The van der Waals surface area contributed by atoms with Gasteiger partial charge in [-0.2, -0.15) is 0 Å². The molecule has 0 aromatic heterocycles. The number of benzene rings is 2. The van der Waals surface area contributed by atoms with Gasteiger partial charge in [0, 0.05) is 0 Å². The molecule has 2 aromatic carbocycles. The van der Waals surface area contributed by atoms with Gasteiger partial charge in [-0.25, -0.2) is 10.1 Å². The SMILES string of the molecule is CCCCCOC(=O)[N]Cc1ccc(-c2ccc(OC(F)(F)F)cc2)cc1. The van der Waals surface area contributed by atoms with Crippen LogP contribution in [0.4, 0.5) is 18.0 Å². The summed E-state index contributed by atoms with van der Waals surface area (Å²) in [7, 11) is 0. The van der Waals surface area contributed by atoms with Crippen LogP contribution in [0.15, 0.2) is 48.5 Å². The molecule has 1 amide bonds. The number of halogens is 3. The molecule has 27 heavy (non-hydrogen) atoms. The first-order valence-corrected chi connectivity index (χ1v) is 8.67. The minimum atomic E-state index is -4.70. The van der Waals surface area contributed by atoms with E-state index in [1.54, 1.807) is 12.1 Å². The molecule has 0 heterocycles. The van der Waals surface area contributed by atoms with Gasteiger partial charge in [-0.15, -0.1) is 13.2 Å². The van der Waals surface area contributed by atoms with Crippen LogP contribution in [0, 0.1) is 0 Å². The Kier molecular flexibility index (Phi) is 7.52. The van der Waals surface area contributed by atoms with E-state index < -0.39 is 12.5 Å². The molecule has 0 aliphatic rings. The van der Waals surface area contributed by atoms with Crippen molar-refractivity contribution in [1.82, 2.24) is 5.32 Å². The summed E-state index contributed by atoms with van der Waals surface area (Å²) in [6.45, 7) is 2.66. The Morgan fingerprint density at radius 2 is 1.56 bits per heavy atom. The van der Waals surface area contributed by atoms with Gasteiger partial charge in [-0.3, -0.25) is 0 Å². The van der Waals surface area contributed by atoms with Crippen LogP contribution in [0.25, 0.3) is 11.1 Å². The molecule has 0 unspecified atom stereocenters. The molecule has 145 valence electrons. The zero-order valence-electron chi connectivity index (χ0n) is 15.0. The average Bonchev–Trinajstić information content (AvgIpc) is 2.63. The van der Waals surface area contributed by atoms with Gasteiger partial charge in [0.05, 0.1) is 13.2 Å². The Hall–Kier alpha value is -2.70. The van der Waals surface area contributed by atoms with Gasteiger partial charge in [0.2, 0.25) is 0 Å². The van der Waals surface area contributed by atoms with Crippen molar-refractivity contribution in [3.63, 3.8) is 0 Å². The monoisotopic (exact) mass is 380 g/mol. The molecule has 0 N–H and O–H groups in total. The van der Waals surface area contributed by atoms with Crippen LogP contribution < -0.4 is 10.1 Å². The molecule has 0 atom stereocenters. The molecule has 2 rings (SSSR count). The first-order valence-electron chi connectivity index (χ1n) is 8.67. The minimum absolute atomic E-state index is 0.214. The van der Waals surface area contributed by atoms with E-state index in [9.17, 15) is 18.0 Å². The number of hydrogen-bond acceptors (Lipinski definition) is 3. The summed E-state index contributed by atoms with van der Waals surface area (Å²) < 4.78 is 45.4. The smallest absolute Gasteiger partial charge is 0.448 e. The lowest BCUT2D eigenvalue weighted by Gasteiger charge is -2.09. The molecule has 0 spiro atoms. The first-order chi connectivity index (χ1) is 12.9. The summed E-state index contributed by atoms with van der Waals surface area (Å²) in [4.78, 5) is 11.5. The second kappa shape index (κ2) is 9.85. The summed E-state index contributed by atoms with van der Waals surface area (Å²) in [5, 5.41) is 3.86. The average molecular weight is 380 g/mol. The van der Waals surface area contributed by atoms with Gasteiger partial charge >= 0.3 is 12.5 Å². The molecule has 0 bridgehead atoms. The lowest BCUT2D eigenvalue weighted by atomic mass is 10.0. The molecule has 2 aromatic rings. The predicted molar refractivity (Wildman–Crippen MR) is 95.3 cm³/mol. The fraction of sp³-hybridized carbons (Fsp3) is 0.350. The van der Waals surface area contributed by atoms with E-state index in [2.05, 4.69) is 17.0 Å². The van der Waals surface area contributed by atoms with Gasteiger partial charge in [0.25, 0.3) is 0 Å². The van der Waals surface area contributed by atoms with Crippen LogP contribution in [-0.2, 0) is 11.3 Å². The van der Waals surface area contributed by atoms with Crippen molar-refractivity contribution in [3.8, 4) is 16.9 Å². The number of carbonyl (C=O) groups excluding carboxylic acids is 1. The molecular formula is C20H21F3NO3. The maximum absolute atomic E-state index is 12.2. The van der Waals surface area contributed by atoms with Crippen LogP contribution in [0.2, 0.25) is 0 Å². The number of carbonyl (C=O) groups is 1. The quantitative estimate of drug-likeness (QED) is 0.553. The van der Waals surface area contributed by atoms with E-state index in [0.717, 1.165) is 36.0 Å². The van der Waals surface area contributed by atoms with Crippen LogP contribution in [0.3, 0.4) is 0 Å². The third kappa shape index (κ3) is 7.60. The van der Waals surface area contributed by atoms with Gasteiger partial charge in [0.1, 0.15) is 5.75 Å². The maximum Gasteiger partial charge on any atom is 0.573 e. The van der Waals surface area contributed by atoms with E-state index in [4.69, 9.17) is 4.74 Å². The zero-order valence-corrected chi connectivity index (χ0v) is 15.0. The highest BCUT2D eigenvalue weighted by atomic mass is 19.4. The second-order valence-corrected chi connectivity index (χ2v) is 5.91. The van der Waals surface area contributed by atoms with Crippen LogP contribution in [0.1, 0.15) is 31.7 Å². The molecule has 0 aliphatic heterocycles. The highest BCUT2D eigenvalue weighted by Gasteiger charge is 2.30. The van der Waals surface area contributed by atoms with E-state index in [1.165, 1.54) is 12.1 Å². The Balaban J connectivity index is 1.85. The first kappa shape index (κ1) is 20.6. The zero-order chi connectivity index (χ0) is 19.7. The Labute approximate surface area is 156 Å². The summed E-state index contributed by atoms with van der Waals surface area (Å²) in [5.41, 5.74) is 2.42. The van der Waals surface area contributed by atoms with Crippen molar-refractivity contribution in [2.24, 2.45) is 0 Å². The lowest BCUT2D eigenvalue weighted by Crippen LogP contribution is -2.17. The number of nitrogens with zero attached hydrogens (tertiary/aromatic N) is 1. The highest BCUT2D eigenvalue weighted by Crippen LogP contribution is 2.26. The summed E-state index contributed by atoms with van der Waals surface area (Å²) >= 11 is 0. The van der Waals surface area contributed by atoms with Crippen molar-refractivity contribution >= 4 is 6.09 Å². The van der Waals surface area contributed by atoms with Crippen molar-refractivity contribution in [3.05, 3.63) is 54.1 Å². The Morgan fingerprint density at radius 3 is 2.11 bits per heavy atom. The van der Waals surface area contributed by atoms with Crippen molar-refractivity contribution in [2.75, 3.05) is 6.61 Å². The maximum atomic E-state index is 12.2. The molecule has 0 saturated carbocycles. The summed E-state index contributed by atoms with van der Waals surface area (Å²) in [6.07, 6.45) is -2.38. The number of ether oxygens (including phenoxy) is 2. The number of alkyl halides is 3. The topological polar surface area (TPSA) is 49.6 Å². The van der Waals surface area contributed by atoms with Gasteiger partial charge in [-0.05, 0) is 35.2 Å².